The molecule has 1 amide bonds. The number of ether oxygens (including phenoxy) is 2. The van der Waals surface area contributed by atoms with Crippen molar-refractivity contribution in [2.75, 3.05) is 31.5 Å². The third-order valence-electron chi connectivity index (χ3n) is 6.27. The van der Waals surface area contributed by atoms with Crippen molar-refractivity contribution in [3.8, 4) is 0 Å². The van der Waals surface area contributed by atoms with Crippen LogP contribution >= 0.6 is 0 Å². The third-order valence-corrected chi connectivity index (χ3v) is 6.27. The Morgan fingerprint density at radius 2 is 1.91 bits per heavy atom. The van der Waals surface area contributed by atoms with Gasteiger partial charge < -0.3 is 24.7 Å². The Bertz CT molecular complexity index is 1140. The maximum atomic E-state index is 12.9. The van der Waals surface area contributed by atoms with Gasteiger partial charge in [0.15, 0.2) is 5.69 Å². The summed E-state index contributed by atoms with van der Waals surface area (Å²) in [5, 5.41) is 7.24. The lowest BCUT2D eigenvalue weighted by atomic mass is 10.1. The molecule has 4 rings (SSSR count). The van der Waals surface area contributed by atoms with E-state index in [0.717, 1.165) is 24.1 Å². The number of hydrogen-bond acceptors (Lipinski definition) is 6. The molecule has 1 aromatic carbocycles. The lowest BCUT2D eigenvalue weighted by Crippen LogP contribution is -2.18. The van der Waals surface area contributed by atoms with Gasteiger partial charge in [-0.15, -0.1) is 0 Å². The highest BCUT2D eigenvalue weighted by Gasteiger charge is 2.26. The number of benzene rings is 1. The summed E-state index contributed by atoms with van der Waals surface area (Å²) in [7, 11) is 2.94. The molecule has 8 nitrogen and oxygen atoms in total. The quantitative estimate of drug-likeness (QED) is 0.432. The number of esters is 1. The Balaban J connectivity index is 1.68. The number of fused-ring (bicyclic) bond motifs is 1. The number of aryl methyl sites for hydroxylation is 1. The van der Waals surface area contributed by atoms with Gasteiger partial charge in [0.25, 0.3) is 0 Å². The third kappa shape index (κ3) is 5.39. The first-order valence-corrected chi connectivity index (χ1v) is 11.8. The van der Waals surface area contributed by atoms with E-state index < -0.39 is 5.97 Å². The minimum atomic E-state index is -0.530. The molecule has 180 valence electrons. The number of nitrogens with zero attached hydrogens (tertiary/aromatic N) is 2. The molecule has 2 N–H and O–H groups in total. The molecule has 1 aliphatic carbocycles. The highest BCUT2D eigenvalue weighted by molar-refractivity contribution is 6.11. The van der Waals surface area contributed by atoms with E-state index >= 15 is 0 Å². The van der Waals surface area contributed by atoms with Crippen molar-refractivity contribution in [3.05, 3.63) is 53.9 Å². The zero-order valence-corrected chi connectivity index (χ0v) is 19.8. The van der Waals surface area contributed by atoms with E-state index in [4.69, 9.17) is 9.47 Å². The van der Waals surface area contributed by atoms with Crippen LogP contribution in [0.15, 0.2) is 42.6 Å². The molecular weight excluding hydrogens is 432 g/mol. The fourth-order valence-electron chi connectivity index (χ4n) is 4.55. The Morgan fingerprint density at radius 1 is 1.15 bits per heavy atom. The number of nitrogens with one attached hydrogen (secondary N) is 2. The van der Waals surface area contributed by atoms with E-state index in [0.29, 0.717) is 48.8 Å². The number of hydrogen-bond donors (Lipinski definition) is 2. The van der Waals surface area contributed by atoms with E-state index in [2.05, 4.69) is 15.6 Å². The van der Waals surface area contributed by atoms with Crippen molar-refractivity contribution in [1.29, 1.82) is 0 Å². The average molecular weight is 465 g/mol. The molecule has 0 atom stereocenters. The zero-order valence-electron chi connectivity index (χ0n) is 19.8. The van der Waals surface area contributed by atoms with E-state index in [-0.39, 0.29) is 11.6 Å². The van der Waals surface area contributed by atoms with Crippen LogP contribution in [0, 0.1) is 0 Å². The molecule has 2 heterocycles. The Kier molecular flexibility index (Phi) is 7.80. The molecule has 1 saturated carbocycles. The van der Waals surface area contributed by atoms with E-state index in [1.807, 2.05) is 36.4 Å². The lowest BCUT2D eigenvalue weighted by molar-refractivity contribution is -0.116. The van der Waals surface area contributed by atoms with Gasteiger partial charge in [0.05, 0.1) is 31.3 Å². The van der Waals surface area contributed by atoms with Crippen LogP contribution in [-0.2, 0) is 27.2 Å². The summed E-state index contributed by atoms with van der Waals surface area (Å²) in [5.74, 6) is -0.702. The molecule has 1 aliphatic rings. The molecule has 8 heteroatoms. The lowest BCUT2D eigenvalue weighted by Gasteiger charge is -2.13. The van der Waals surface area contributed by atoms with Crippen molar-refractivity contribution in [2.45, 2.75) is 51.1 Å². The molecule has 34 heavy (non-hydrogen) atoms. The van der Waals surface area contributed by atoms with Crippen LogP contribution in [0.4, 0.5) is 11.4 Å². The van der Waals surface area contributed by atoms with E-state index in [1.54, 1.807) is 17.9 Å². The van der Waals surface area contributed by atoms with Crippen molar-refractivity contribution in [3.63, 3.8) is 0 Å². The summed E-state index contributed by atoms with van der Waals surface area (Å²) >= 11 is 0. The van der Waals surface area contributed by atoms with Crippen LogP contribution in [0.3, 0.4) is 0 Å². The summed E-state index contributed by atoms with van der Waals surface area (Å²) in [4.78, 5) is 30.4. The highest BCUT2D eigenvalue weighted by atomic mass is 16.5. The highest BCUT2D eigenvalue weighted by Crippen LogP contribution is 2.33. The Hall–Kier alpha value is -3.39. The molecule has 0 radical (unpaired) electrons. The fourth-order valence-corrected chi connectivity index (χ4v) is 4.55. The molecule has 0 unspecified atom stereocenters. The Morgan fingerprint density at radius 3 is 2.62 bits per heavy atom. The van der Waals surface area contributed by atoms with Gasteiger partial charge in [0.1, 0.15) is 5.65 Å². The largest absolute Gasteiger partial charge is 0.464 e. The Labute approximate surface area is 199 Å². The van der Waals surface area contributed by atoms with Crippen LogP contribution in [0.5, 0.6) is 0 Å². The number of aromatic nitrogens is 2. The van der Waals surface area contributed by atoms with Crippen LogP contribution in [0.2, 0.25) is 0 Å². The smallest absolute Gasteiger partial charge is 0.356 e. The SMILES string of the molecule is COCCn1c(C(=O)OC)c(NC(=O)CCc2ccccc2)c2cc(NC3CCCC3)cnc21. The van der Waals surface area contributed by atoms with Crippen molar-refractivity contribution < 1.29 is 19.1 Å². The normalized spacial score (nSPS) is 13.8. The predicted octanol–water partition coefficient (Wildman–Crippen LogP) is 4.40. The average Bonchev–Trinajstić information content (AvgIpc) is 3.47. The summed E-state index contributed by atoms with van der Waals surface area (Å²) in [6, 6.07) is 12.2. The number of anilines is 2. The molecule has 3 aromatic rings. The van der Waals surface area contributed by atoms with Crippen LogP contribution in [-0.4, -0.2) is 48.3 Å². The van der Waals surface area contributed by atoms with Crippen LogP contribution in [0.1, 0.15) is 48.2 Å². The van der Waals surface area contributed by atoms with Gasteiger partial charge in [-0.2, -0.15) is 0 Å². The first-order valence-electron chi connectivity index (χ1n) is 11.8. The van der Waals surface area contributed by atoms with Crippen molar-refractivity contribution >= 4 is 34.3 Å². The van der Waals surface area contributed by atoms with Crippen molar-refractivity contribution in [2.24, 2.45) is 0 Å². The second kappa shape index (κ2) is 11.2. The van der Waals surface area contributed by atoms with Gasteiger partial charge in [0.2, 0.25) is 5.91 Å². The summed E-state index contributed by atoms with van der Waals surface area (Å²) < 4.78 is 12.1. The summed E-state index contributed by atoms with van der Waals surface area (Å²) in [6.45, 7) is 0.790. The topological polar surface area (TPSA) is 94.5 Å². The van der Waals surface area contributed by atoms with Crippen LogP contribution in [0.25, 0.3) is 11.0 Å². The molecule has 0 saturated heterocycles. The van der Waals surface area contributed by atoms with Gasteiger partial charge in [-0.3, -0.25) is 4.79 Å². The fraction of sp³-hybridized carbons (Fsp3) is 0.423. The van der Waals surface area contributed by atoms with Gasteiger partial charge in [-0.1, -0.05) is 43.2 Å². The number of amides is 1. The monoisotopic (exact) mass is 464 g/mol. The first-order chi connectivity index (χ1) is 16.6. The van der Waals surface area contributed by atoms with Gasteiger partial charge in [-0.25, -0.2) is 9.78 Å². The maximum absolute atomic E-state index is 12.9. The molecule has 1 fully saturated rings. The summed E-state index contributed by atoms with van der Waals surface area (Å²) in [5.41, 5.74) is 3.26. The van der Waals surface area contributed by atoms with Gasteiger partial charge in [0, 0.05) is 31.5 Å². The number of methoxy groups -OCH3 is 2. The summed E-state index contributed by atoms with van der Waals surface area (Å²) in [6.07, 6.45) is 7.38. The first kappa shape index (κ1) is 23.8. The second-order valence-electron chi connectivity index (χ2n) is 8.61. The van der Waals surface area contributed by atoms with E-state index in [1.165, 1.54) is 20.0 Å². The number of rotatable bonds is 10. The molecular formula is C26H32N4O4. The molecule has 0 bridgehead atoms. The van der Waals surface area contributed by atoms with E-state index in [9.17, 15) is 9.59 Å². The minimum absolute atomic E-state index is 0.172. The van der Waals surface area contributed by atoms with Gasteiger partial charge in [-0.05, 0) is 30.9 Å². The van der Waals surface area contributed by atoms with Crippen LogP contribution < -0.4 is 10.6 Å². The number of pyridine rings is 1. The molecule has 0 aliphatic heterocycles. The zero-order chi connectivity index (χ0) is 23.9. The number of carbonyl (C=O) groups is 2. The maximum Gasteiger partial charge on any atom is 0.356 e. The van der Waals surface area contributed by atoms with Crippen molar-refractivity contribution in [1.82, 2.24) is 9.55 Å². The minimum Gasteiger partial charge on any atom is -0.464 e. The predicted molar refractivity (Wildman–Crippen MR) is 132 cm³/mol. The second-order valence-corrected chi connectivity index (χ2v) is 8.61. The molecule has 2 aromatic heterocycles. The van der Waals surface area contributed by atoms with Gasteiger partial charge >= 0.3 is 5.97 Å². The standard InChI is InChI=1S/C26H32N4O4/c1-33-15-14-30-24(26(32)34-2)23(29-22(31)13-12-18-8-4-3-5-9-18)21-16-20(17-27-25(21)30)28-19-10-6-7-11-19/h3-5,8-9,16-17,19,28H,6-7,10-15H2,1-2H3,(H,29,31). The number of carbonyl (C=O) groups excluding carboxylic acids is 2. The molecule has 0 spiro atoms.